The van der Waals surface area contributed by atoms with Crippen molar-refractivity contribution in [3.63, 3.8) is 0 Å². The molecular weight excluding hydrogens is 476 g/mol. The van der Waals surface area contributed by atoms with Crippen LogP contribution in [0.15, 0.2) is 36.0 Å². The number of methoxy groups -OCH3 is 1. The number of hydrogen-bond acceptors (Lipinski definition) is 7. The molecule has 0 radical (unpaired) electrons. The fourth-order valence-corrected chi connectivity index (χ4v) is 4.92. The number of carbonyl (C=O) groups is 2. The molecule has 0 aliphatic carbocycles. The van der Waals surface area contributed by atoms with E-state index in [1.54, 1.807) is 13.2 Å². The Kier molecular flexibility index (Phi) is 10.5. The molecule has 0 unspecified atom stereocenters. The second kappa shape index (κ2) is 13.2. The molecule has 9 nitrogen and oxygen atoms in total. The van der Waals surface area contributed by atoms with Crippen LogP contribution in [-0.2, 0) is 28.5 Å². The molecular formula is C28H44N2O7. The predicted octanol–water partition coefficient (Wildman–Crippen LogP) is 2.19. The summed E-state index contributed by atoms with van der Waals surface area (Å²) in [5, 5.41) is 16.6. The minimum atomic E-state index is -0.743. The maximum atomic E-state index is 12.3. The minimum Gasteiger partial charge on any atom is -0.387 e. The van der Waals surface area contributed by atoms with E-state index in [1.807, 2.05) is 32.9 Å². The first-order valence-electron chi connectivity index (χ1n) is 13.3. The Balaban J connectivity index is 1.51. The van der Waals surface area contributed by atoms with Crippen molar-refractivity contribution in [1.82, 2.24) is 10.6 Å². The van der Waals surface area contributed by atoms with E-state index < -0.39 is 17.8 Å². The van der Waals surface area contributed by atoms with Crippen molar-refractivity contribution in [2.75, 3.05) is 20.3 Å². The number of allylic oxidation sites excluding steroid dienone is 2. The van der Waals surface area contributed by atoms with Crippen LogP contribution in [0.25, 0.3) is 0 Å². The van der Waals surface area contributed by atoms with Gasteiger partial charge in [0.2, 0.25) is 11.8 Å². The summed E-state index contributed by atoms with van der Waals surface area (Å²) in [6.07, 6.45) is 9.75. The number of carbonyl (C=O) groups excluding carboxylic acids is 2. The van der Waals surface area contributed by atoms with Crippen LogP contribution in [0.5, 0.6) is 0 Å². The zero-order valence-corrected chi connectivity index (χ0v) is 22.9. The summed E-state index contributed by atoms with van der Waals surface area (Å²) in [5.74, 6) is 0.0316. The van der Waals surface area contributed by atoms with Gasteiger partial charge in [0.25, 0.3) is 0 Å². The molecule has 1 spiro atoms. The predicted molar refractivity (Wildman–Crippen MR) is 140 cm³/mol. The summed E-state index contributed by atoms with van der Waals surface area (Å²) in [5.41, 5.74) is 0.473. The molecule has 208 valence electrons. The molecule has 0 saturated carbocycles. The highest BCUT2D eigenvalue weighted by molar-refractivity contribution is 5.87. The fraction of sp³-hybridized carbons (Fsp3) is 0.714. The molecule has 9 atom stereocenters. The van der Waals surface area contributed by atoms with Gasteiger partial charge >= 0.3 is 0 Å². The number of aliphatic hydroxyl groups excluding tert-OH is 1. The molecule has 3 rings (SSSR count). The van der Waals surface area contributed by atoms with Crippen LogP contribution in [0.1, 0.15) is 53.9 Å². The maximum absolute atomic E-state index is 12.3. The molecule has 3 heterocycles. The van der Waals surface area contributed by atoms with Crippen molar-refractivity contribution in [3.05, 3.63) is 36.0 Å². The third kappa shape index (κ3) is 8.48. The molecule has 0 bridgehead atoms. The Labute approximate surface area is 220 Å². The van der Waals surface area contributed by atoms with Gasteiger partial charge in [-0.3, -0.25) is 9.59 Å². The zero-order chi connectivity index (χ0) is 27.2. The molecule has 9 heteroatoms. The molecule has 0 aromatic heterocycles. The number of hydrogen-bond donors (Lipinski definition) is 3. The zero-order valence-electron chi connectivity index (χ0n) is 22.9. The standard InChI is InChI=1S/C28H44N2O7/c1-17(8-11-25-27(33)28(16-35-28)14-22(37-25)15-29-21(5)31)7-10-24-18(2)13-23(20(4)36-24)30-26(32)12-9-19(3)34-6/h7-9,11-12,18-20,22-25,27,33H,10,13-16H2,1-6H3,(H,29,31)(H,30,32)/b11-8+,12-9-,17-7+/t18-,19-,20+,22-,23+,24-,25+,27+,28+/m0/s1. The average molecular weight is 521 g/mol. The van der Waals surface area contributed by atoms with Gasteiger partial charge in [-0.2, -0.15) is 0 Å². The number of epoxide rings is 1. The lowest BCUT2D eigenvalue weighted by molar-refractivity contribution is -0.135. The molecule has 0 aromatic carbocycles. The first-order chi connectivity index (χ1) is 17.5. The van der Waals surface area contributed by atoms with Crippen LogP contribution in [0.3, 0.4) is 0 Å². The number of amides is 2. The van der Waals surface area contributed by atoms with Gasteiger partial charge in [-0.1, -0.05) is 36.8 Å². The van der Waals surface area contributed by atoms with Crippen LogP contribution >= 0.6 is 0 Å². The second-order valence-electron chi connectivity index (χ2n) is 10.7. The second-order valence-corrected chi connectivity index (χ2v) is 10.7. The minimum absolute atomic E-state index is 0.0430. The number of ether oxygens (including phenoxy) is 4. The van der Waals surface area contributed by atoms with E-state index in [-0.39, 0.29) is 48.2 Å². The summed E-state index contributed by atoms with van der Waals surface area (Å²) < 4.78 is 23.1. The van der Waals surface area contributed by atoms with Gasteiger partial charge in [-0.25, -0.2) is 0 Å². The largest absolute Gasteiger partial charge is 0.387 e. The SMILES string of the molecule is CO[C@@H](C)/C=C\C(=O)N[C@@H]1C[C@H](C)[C@H](C/C=C(C)/C=C/[C@H]2O[C@H](CNC(C)=O)C[C@@]3(CO3)[C@@H]2O)O[C@@H]1C. The Morgan fingerprint density at radius 2 is 1.95 bits per heavy atom. The highest BCUT2D eigenvalue weighted by Gasteiger charge is 2.58. The van der Waals surface area contributed by atoms with Gasteiger partial charge in [-0.05, 0) is 39.5 Å². The van der Waals surface area contributed by atoms with Crippen molar-refractivity contribution in [2.24, 2.45) is 5.92 Å². The van der Waals surface area contributed by atoms with E-state index in [2.05, 4.69) is 23.6 Å². The third-order valence-corrected chi connectivity index (χ3v) is 7.52. The van der Waals surface area contributed by atoms with Gasteiger partial charge in [0.15, 0.2) is 0 Å². The summed E-state index contributed by atoms with van der Waals surface area (Å²) >= 11 is 0. The lowest BCUT2D eigenvalue weighted by Gasteiger charge is -2.39. The van der Waals surface area contributed by atoms with Crippen molar-refractivity contribution >= 4 is 11.8 Å². The number of rotatable bonds is 10. The van der Waals surface area contributed by atoms with Crippen molar-refractivity contribution < 1.29 is 33.6 Å². The first kappa shape index (κ1) is 29.5. The molecule has 3 aliphatic rings. The molecule has 2 amide bonds. The van der Waals surface area contributed by atoms with Gasteiger partial charge < -0.3 is 34.7 Å². The van der Waals surface area contributed by atoms with Crippen molar-refractivity contribution in [2.45, 2.75) is 102 Å². The van der Waals surface area contributed by atoms with E-state index >= 15 is 0 Å². The van der Waals surface area contributed by atoms with Crippen molar-refractivity contribution in [3.8, 4) is 0 Å². The van der Waals surface area contributed by atoms with Gasteiger partial charge in [-0.15, -0.1) is 0 Å². The highest BCUT2D eigenvalue weighted by Crippen LogP contribution is 2.42. The maximum Gasteiger partial charge on any atom is 0.244 e. The normalized spacial score (nSPS) is 37.2. The van der Waals surface area contributed by atoms with Gasteiger partial charge in [0, 0.05) is 33.1 Å². The summed E-state index contributed by atoms with van der Waals surface area (Å²) in [6, 6.07) is -0.0430. The lowest BCUT2D eigenvalue weighted by Crippen LogP contribution is -2.52. The molecule has 3 N–H and O–H groups in total. The molecule has 37 heavy (non-hydrogen) atoms. The van der Waals surface area contributed by atoms with Crippen LogP contribution < -0.4 is 10.6 Å². The topological polar surface area (TPSA) is 119 Å². The molecule has 3 saturated heterocycles. The van der Waals surface area contributed by atoms with Crippen LogP contribution in [0, 0.1) is 5.92 Å². The first-order valence-corrected chi connectivity index (χ1v) is 13.3. The van der Waals surface area contributed by atoms with Gasteiger partial charge in [0.05, 0.1) is 37.1 Å². The van der Waals surface area contributed by atoms with Crippen LogP contribution in [-0.4, -0.2) is 85.4 Å². The van der Waals surface area contributed by atoms with Crippen LogP contribution in [0.2, 0.25) is 0 Å². The quantitative estimate of drug-likeness (QED) is 0.230. The van der Waals surface area contributed by atoms with Gasteiger partial charge in [0.1, 0.15) is 17.8 Å². The summed E-state index contributed by atoms with van der Waals surface area (Å²) in [4.78, 5) is 23.5. The third-order valence-electron chi connectivity index (χ3n) is 7.52. The Morgan fingerprint density at radius 3 is 2.59 bits per heavy atom. The van der Waals surface area contributed by atoms with Crippen LogP contribution in [0.4, 0.5) is 0 Å². The Hall–Kier alpha value is -2.04. The van der Waals surface area contributed by atoms with Crippen molar-refractivity contribution in [1.29, 1.82) is 0 Å². The fourth-order valence-electron chi connectivity index (χ4n) is 4.92. The Bertz CT molecular complexity index is 882. The highest BCUT2D eigenvalue weighted by atomic mass is 16.6. The van der Waals surface area contributed by atoms with E-state index in [9.17, 15) is 14.7 Å². The smallest absolute Gasteiger partial charge is 0.244 e. The monoisotopic (exact) mass is 520 g/mol. The van der Waals surface area contributed by atoms with E-state index in [1.165, 1.54) is 13.0 Å². The molecule has 3 fully saturated rings. The lowest BCUT2D eigenvalue weighted by atomic mass is 9.87. The molecule has 3 aliphatic heterocycles. The molecule has 0 aromatic rings. The summed E-state index contributed by atoms with van der Waals surface area (Å²) in [7, 11) is 1.61. The van der Waals surface area contributed by atoms with E-state index in [4.69, 9.17) is 18.9 Å². The number of nitrogens with one attached hydrogen (secondary N) is 2. The van der Waals surface area contributed by atoms with E-state index in [0.717, 1.165) is 18.4 Å². The summed E-state index contributed by atoms with van der Waals surface area (Å²) in [6.45, 7) is 10.4. The average Bonchev–Trinajstić information content (AvgIpc) is 3.63. The number of aliphatic hydroxyl groups is 1. The van der Waals surface area contributed by atoms with E-state index in [0.29, 0.717) is 19.6 Å². The Morgan fingerprint density at radius 1 is 1.22 bits per heavy atom.